The van der Waals surface area contributed by atoms with E-state index >= 15 is 0 Å². The van der Waals surface area contributed by atoms with Crippen molar-refractivity contribution < 1.29 is 9.47 Å². The Morgan fingerprint density at radius 3 is 2.69 bits per heavy atom. The monoisotopic (exact) mass is 373 g/mol. The molecule has 138 valence electrons. The van der Waals surface area contributed by atoms with Gasteiger partial charge in [-0.3, -0.25) is 9.58 Å². The Hall–Kier alpha value is -2.32. The Morgan fingerprint density at radius 2 is 1.96 bits per heavy atom. The minimum atomic E-state index is 0.279. The Labute approximate surface area is 158 Å². The lowest BCUT2D eigenvalue weighted by atomic mass is 10.2. The molecule has 0 unspecified atom stereocenters. The highest BCUT2D eigenvalue weighted by Gasteiger charge is 2.21. The lowest BCUT2D eigenvalue weighted by molar-refractivity contribution is 0.174. The van der Waals surface area contributed by atoms with Gasteiger partial charge in [0.1, 0.15) is 0 Å². The van der Waals surface area contributed by atoms with Crippen molar-refractivity contribution in [2.24, 2.45) is 7.05 Å². The maximum atomic E-state index is 5.59. The molecule has 26 heavy (non-hydrogen) atoms. The van der Waals surface area contributed by atoms with E-state index in [0.717, 1.165) is 55.0 Å². The number of fused-ring (bicyclic) bond motifs is 1. The smallest absolute Gasteiger partial charge is 0.231 e. The van der Waals surface area contributed by atoms with Gasteiger partial charge in [-0.15, -0.1) is 0 Å². The minimum absolute atomic E-state index is 0.279. The standard InChI is InChI=1S/C18H23N5O2S/c1-13-14(10-19-21(13)2)11-22-5-7-23(8-6-22)18(26)20-15-3-4-16-17(9-15)25-12-24-16/h3-4,9-10H,5-8,11-12H2,1-2H3,(H,20,26). The van der Waals surface area contributed by atoms with Gasteiger partial charge in [-0.25, -0.2) is 0 Å². The first-order chi connectivity index (χ1) is 12.6. The summed E-state index contributed by atoms with van der Waals surface area (Å²) in [5.74, 6) is 1.54. The third kappa shape index (κ3) is 3.47. The van der Waals surface area contributed by atoms with E-state index < -0.39 is 0 Å². The van der Waals surface area contributed by atoms with Crippen LogP contribution in [0.5, 0.6) is 11.5 Å². The molecule has 0 saturated carbocycles. The molecule has 2 aromatic rings. The summed E-state index contributed by atoms with van der Waals surface area (Å²) in [4.78, 5) is 4.66. The van der Waals surface area contributed by atoms with Gasteiger partial charge in [0.15, 0.2) is 16.6 Å². The normalized spacial score (nSPS) is 16.8. The van der Waals surface area contributed by atoms with Crippen molar-refractivity contribution in [3.8, 4) is 11.5 Å². The summed E-state index contributed by atoms with van der Waals surface area (Å²) < 4.78 is 12.7. The van der Waals surface area contributed by atoms with E-state index in [1.807, 2.05) is 36.1 Å². The molecular weight excluding hydrogens is 350 g/mol. The molecule has 0 atom stereocenters. The maximum absolute atomic E-state index is 5.59. The van der Waals surface area contributed by atoms with Crippen LogP contribution in [0.1, 0.15) is 11.3 Å². The molecule has 0 spiro atoms. The van der Waals surface area contributed by atoms with Crippen molar-refractivity contribution in [1.82, 2.24) is 19.6 Å². The van der Waals surface area contributed by atoms with Crippen LogP contribution in [-0.4, -0.2) is 57.7 Å². The van der Waals surface area contributed by atoms with Gasteiger partial charge in [0.25, 0.3) is 0 Å². The van der Waals surface area contributed by atoms with Gasteiger partial charge in [0, 0.05) is 62.8 Å². The second-order valence-corrected chi connectivity index (χ2v) is 7.03. The number of anilines is 1. The van der Waals surface area contributed by atoms with Crippen LogP contribution in [0, 0.1) is 6.92 Å². The summed E-state index contributed by atoms with van der Waals surface area (Å²) in [6.07, 6.45) is 1.97. The first-order valence-electron chi connectivity index (χ1n) is 8.75. The number of nitrogens with one attached hydrogen (secondary N) is 1. The number of piperazine rings is 1. The predicted octanol–water partition coefficient (Wildman–Crippen LogP) is 1.97. The fourth-order valence-corrected chi connectivity index (χ4v) is 3.53. The van der Waals surface area contributed by atoms with E-state index in [9.17, 15) is 0 Å². The Bertz CT molecular complexity index is 814. The highest BCUT2D eigenvalue weighted by atomic mass is 32.1. The van der Waals surface area contributed by atoms with Gasteiger partial charge < -0.3 is 19.7 Å². The topological polar surface area (TPSA) is 54.8 Å². The summed E-state index contributed by atoms with van der Waals surface area (Å²) in [5, 5.41) is 8.39. The summed E-state index contributed by atoms with van der Waals surface area (Å²) in [5.41, 5.74) is 3.45. The number of thiocarbonyl (C=S) groups is 1. The van der Waals surface area contributed by atoms with Crippen LogP contribution in [0.3, 0.4) is 0 Å². The average molecular weight is 373 g/mol. The zero-order valence-corrected chi connectivity index (χ0v) is 15.9. The number of aromatic nitrogens is 2. The number of aryl methyl sites for hydroxylation is 1. The van der Waals surface area contributed by atoms with Gasteiger partial charge in [0.2, 0.25) is 6.79 Å². The number of benzene rings is 1. The zero-order chi connectivity index (χ0) is 18.1. The molecule has 1 N–H and O–H groups in total. The van der Waals surface area contributed by atoms with Crippen LogP contribution in [-0.2, 0) is 13.6 Å². The number of nitrogens with zero attached hydrogens (tertiary/aromatic N) is 4. The Balaban J connectivity index is 1.30. The van der Waals surface area contributed by atoms with Gasteiger partial charge in [-0.05, 0) is 31.3 Å². The van der Waals surface area contributed by atoms with Crippen molar-refractivity contribution >= 4 is 23.0 Å². The van der Waals surface area contributed by atoms with E-state index in [1.165, 1.54) is 11.3 Å². The molecule has 0 bridgehead atoms. The summed E-state index contributed by atoms with van der Waals surface area (Å²) in [6.45, 7) is 7.13. The van der Waals surface area contributed by atoms with Crippen LogP contribution in [0.2, 0.25) is 0 Å². The molecule has 2 aliphatic rings. The molecule has 0 amide bonds. The molecule has 4 rings (SSSR count). The van der Waals surface area contributed by atoms with E-state index in [1.54, 1.807) is 0 Å². The molecule has 1 aromatic carbocycles. The molecule has 1 aromatic heterocycles. The first-order valence-corrected chi connectivity index (χ1v) is 9.16. The summed E-state index contributed by atoms with van der Waals surface area (Å²) in [7, 11) is 1.98. The Kier molecular flexibility index (Phi) is 4.69. The first kappa shape index (κ1) is 17.1. The van der Waals surface area contributed by atoms with Crippen LogP contribution in [0.4, 0.5) is 5.69 Å². The van der Waals surface area contributed by atoms with Gasteiger partial charge >= 0.3 is 0 Å². The van der Waals surface area contributed by atoms with Crippen LogP contribution >= 0.6 is 12.2 Å². The van der Waals surface area contributed by atoms with E-state index in [-0.39, 0.29) is 6.79 Å². The van der Waals surface area contributed by atoms with Crippen molar-refractivity contribution in [3.63, 3.8) is 0 Å². The van der Waals surface area contributed by atoms with Crippen LogP contribution in [0.25, 0.3) is 0 Å². The number of hydrogen-bond acceptors (Lipinski definition) is 5. The largest absolute Gasteiger partial charge is 0.454 e. The third-order valence-corrected chi connectivity index (χ3v) is 5.37. The number of ether oxygens (including phenoxy) is 2. The zero-order valence-electron chi connectivity index (χ0n) is 15.1. The van der Waals surface area contributed by atoms with Crippen LogP contribution in [0.15, 0.2) is 24.4 Å². The van der Waals surface area contributed by atoms with Gasteiger partial charge in [0.05, 0.1) is 6.20 Å². The van der Waals surface area contributed by atoms with Crippen molar-refractivity contribution in [2.45, 2.75) is 13.5 Å². The van der Waals surface area contributed by atoms with Crippen LogP contribution < -0.4 is 14.8 Å². The molecule has 3 heterocycles. The predicted molar refractivity (Wildman–Crippen MR) is 104 cm³/mol. The van der Waals surface area contributed by atoms with E-state index in [0.29, 0.717) is 0 Å². The Morgan fingerprint density at radius 1 is 1.19 bits per heavy atom. The molecule has 0 radical (unpaired) electrons. The SMILES string of the molecule is Cc1c(CN2CCN(C(=S)Nc3ccc4c(c3)OCO4)CC2)cnn1C. The second-order valence-electron chi connectivity index (χ2n) is 6.64. The molecule has 0 aliphatic carbocycles. The average Bonchev–Trinajstić information content (AvgIpc) is 3.23. The highest BCUT2D eigenvalue weighted by molar-refractivity contribution is 7.80. The maximum Gasteiger partial charge on any atom is 0.231 e. The van der Waals surface area contributed by atoms with Crippen molar-refractivity contribution in [2.75, 3.05) is 38.3 Å². The second kappa shape index (κ2) is 7.13. The van der Waals surface area contributed by atoms with Crippen molar-refractivity contribution in [1.29, 1.82) is 0 Å². The highest BCUT2D eigenvalue weighted by Crippen LogP contribution is 2.34. The quantitative estimate of drug-likeness (QED) is 0.826. The minimum Gasteiger partial charge on any atom is -0.454 e. The molecule has 2 aliphatic heterocycles. The van der Waals surface area contributed by atoms with Gasteiger partial charge in [-0.1, -0.05) is 0 Å². The molecule has 8 heteroatoms. The number of rotatable bonds is 3. The van der Waals surface area contributed by atoms with Crippen molar-refractivity contribution in [3.05, 3.63) is 35.7 Å². The summed E-state index contributed by atoms with van der Waals surface area (Å²) in [6, 6.07) is 5.79. The fourth-order valence-electron chi connectivity index (χ4n) is 3.23. The van der Waals surface area contributed by atoms with E-state index in [4.69, 9.17) is 21.7 Å². The third-order valence-electron chi connectivity index (χ3n) is 5.01. The summed E-state index contributed by atoms with van der Waals surface area (Å²) >= 11 is 5.59. The van der Waals surface area contributed by atoms with Gasteiger partial charge in [-0.2, -0.15) is 5.10 Å². The molecule has 7 nitrogen and oxygen atoms in total. The fraction of sp³-hybridized carbons (Fsp3) is 0.444. The molecule has 1 saturated heterocycles. The lowest BCUT2D eigenvalue weighted by Gasteiger charge is -2.36. The molecule has 1 fully saturated rings. The number of hydrogen-bond donors (Lipinski definition) is 1. The molecular formula is C18H23N5O2S. The van der Waals surface area contributed by atoms with E-state index in [2.05, 4.69) is 27.1 Å². The lowest BCUT2D eigenvalue weighted by Crippen LogP contribution is -2.49.